The number of aryl methyl sites for hydroxylation is 1. The Morgan fingerprint density at radius 3 is 2.77 bits per heavy atom. The zero-order valence-electron chi connectivity index (χ0n) is 7.45. The smallest absolute Gasteiger partial charge is 0.189 e. The average Bonchev–Trinajstić information content (AvgIpc) is 2.96. The fourth-order valence-corrected chi connectivity index (χ4v) is 2.14. The van der Waals surface area contributed by atoms with Gasteiger partial charge in [0.2, 0.25) is 0 Å². The Kier molecular flexibility index (Phi) is 1.49. The van der Waals surface area contributed by atoms with Crippen LogP contribution in [0.3, 0.4) is 0 Å². The van der Waals surface area contributed by atoms with Crippen molar-refractivity contribution in [3.63, 3.8) is 0 Å². The molecule has 1 saturated heterocycles. The van der Waals surface area contributed by atoms with Crippen molar-refractivity contribution in [2.45, 2.75) is 31.5 Å². The lowest BCUT2D eigenvalue weighted by Crippen LogP contribution is -2.07. The van der Waals surface area contributed by atoms with Crippen LogP contribution in [0.25, 0.3) is 0 Å². The van der Waals surface area contributed by atoms with Crippen molar-refractivity contribution in [3.8, 4) is 0 Å². The molecule has 3 rings (SSSR count). The van der Waals surface area contributed by atoms with Gasteiger partial charge in [-0.25, -0.2) is 0 Å². The van der Waals surface area contributed by atoms with E-state index in [1.807, 2.05) is 0 Å². The summed E-state index contributed by atoms with van der Waals surface area (Å²) >= 11 is 0. The van der Waals surface area contributed by atoms with Gasteiger partial charge in [0.05, 0.1) is 0 Å². The zero-order chi connectivity index (χ0) is 8.73. The van der Waals surface area contributed by atoms with Crippen molar-refractivity contribution >= 4 is 0 Å². The Morgan fingerprint density at radius 1 is 1.08 bits per heavy atom. The Labute approximate surface area is 77.4 Å². The van der Waals surface area contributed by atoms with Crippen molar-refractivity contribution in [1.29, 1.82) is 0 Å². The Bertz CT molecular complexity index is 329. The molecule has 0 bridgehead atoms. The molecule has 0 radical (unpaired) electrons. The number of fused-ring (bicyclic) bond motifs is 2. The minimum absolute atomic E-state index is 0.354. The molecule has 1 spiro atoms. The minimum Gasteiger partial charge on any atom is -0.189 e. The highest BCUT2D eigenvalue weighted by atomic mass is 17.4. The monoisotopic (exact) mass is 176 g/mol. The van der Waals surface area contributed by atoms with Crippen molar-refractivity contribution in [1.82, 2.24) is 0 Å². The number of hydrogen-bond donors (Lipinski definition) is 0. The van der Waals surface area contributed by atoms with Crippen molar-refractivity contribution in [2.24, 2.45) is 0 Å². The van der Waals surface area contributed by atoms with Crippen LogP contribution in [-0.2, 0) is 22.0 Å². The molecule has 1 heterocycles. The second-order valence-electron chi connectivity index (χ2n) is 3.78. The molecule has 0 amide bonds. The molecule has 13 heavy (non-hydrogen) atoms. The maximum absolute atomic E-state index is 5.14. The highest BCUT2D eigenvalue weighted by Crippen LogP contribution is 2.48. The van der Waals surface area contributed by atoms with Crippen molar-refractivity contribution < 1.29 is 9.78 Å². The van der Waals surface area contributed by atoms with E-state index in [0.29, 0.717) is 0 Å². The fraction of sp³-hybridized carbons (Fsp3) is 0.455. The van der Waals surface area contributed by atoms with Gasteiger partial charge in [-0.05, 0) is 24.8 Å². The molecule has 1 aliphatic carbocycles. The van der Waals surface area contributed by atoms with Crippen LogP contribution in [0, 0.1) is 0 Å². The first-order chi connectivity index (χ1) is 6.41. The topological polar surface area (TPSA) is 25.1 Å². The molecule has 1 aromatic rings. The Morgan fingerprint density at radius 2 is 1.92 bits per heavy atom. The van der Waals surface area contributed by atoms with Gasteiger partial charge < -0.3 is 0 Å². The normalized spacial score (nSPS) is 23.7. The third-order valence-corrected chi connectivity index (χ3v) is 2.91. The lowest BCUT2D eigenvalue weighted by atomic mass is 9.99. The largest absolute Gasteiger partial charge is 0.259 e. The van der Waals surface area contributed by atoms with Gasteiger partial charge in [0.1, 0.15) is 0 Å². The van der Waals surface area contributed by atoms with Crippen LogP contribution in [0.1, 0.15) is 30.4 Å². The first kappa shape index (κ1) is 7.54. The quantitative estimate of drug-likeness (QED) is 0.448. The molecule has 2 nitrogen and oxygen atoms in total. The summed E-state index contributed by atoms with van der Waals surface area (Å²) in [4.78, 5) is 10.3. The first-order valence-electron chi connectivity index (χ1n) is 4.86. The zero-order valence-corrected chi connectivity index (χ0v) is 7.45. The van der Waals surface area contributed by atoms with Crippen molar-refractivity contribution in [2.75, 3.05) is 0 Å². The molecule has 0 atom stereocenters. The van der Waals surface area contributed by atoms with Crippen LogP contribution in [0.4, 0.5) is 0 Å². The number of benzene rings is 1. The van der Waals surface area contributed by atoms with E-state index >= 15 is 0 Å². The highest BCUT2D eigenvalue weighted by Gasteiger charge is 2.51. The van der Waals surface area contributed by atoms with Gasteiger partial charge >= 0.3 is 0 Å². The van der Waals surface area contributed by atoms with Crippen LogP contribution < -0.4 is 0 Å². The Balaban J connectivity index is 2.11. The van der Waals surface area contributed by atoms with Gasteiger partial charge in [0.25, 0.3) is 5.79 Å². The summed E-state index contributed by atoms with van der Waals surface area (Å²) in [7, 11) is 0. The van der Waals surface area contributed by atoms with Gasteiger partial charge in [-0.3, -0.25) is 0 Å². The lowest BCUT2D eigenvalue weighted by Gasteiger charge is -2.06. The standard InChI is InChI=1S/C11H12O2/c1-2-7-10-9(5-1)6-3-4-8-11(10)12-13-11/h1-2,5,7H,3-4,6,8H2. The second kappa shape index (κ2) is 2.56. The Hall–Kier alpha value is -0.860. The summed E-state index contributed by atoms with van der Waals surface area (Å²) in [5.41, 5.74) is 2.63. The molecule has 2 heteroatoms. The average molecular weight is 176 g/mol. The first-order valence-corrected chi connectivity index (χ1v) is 4.86. The predicted molar refractivity (Wildman–Crippen MR) is 47.8 cm³/mol. The summed E-state index contributed by atoms with van der Waals surface area (Å²) in [5.74, 6) is -0.354. The van der Waals surface area contributed by atoms with Crippen LogP contribution in [0.15, 0.2) is 24.3 Å². The van der Waals surface area contributed by atoms with Crippen molar-refractivity contribution in [3.05, 3.63) is 35.4 Å². The van der Waals surface area contributed by atoms with Crippen LogP contribution in [-0.4, -0.2) is 0 Å². The van der Waals surface area contributed by atoms with Gasteiger partial charge in [-0.15, -0.1) is 0 Å². The molecule has 1 aromatic carbocycles. The highest BCUT2D eigenvalue weighted by molar-refractivity contribution is 5.33. The second-order valence-corrected chi connectivity index (χ2v) is 3.78. The third-order valence-electron chi connectivity index (χ3n) is 2.91. The molecule has 0 aromatic heterocycles. The third kappa shape index (κ3) is 1.10. The molecule has 0 saturated carbocycles. The molecular weight excluding hydrogens is 164 g/mol. The molecular formula is C11H12O2. The molecule has 2 aliphatic rings. The van der Waals surface area contributed by atoms with Crippen LogP contribution in [0.2, 0.25) is 0 Å². The lowest BCUT2D eigenvalue weighted by molar-refractivity contribution is 0.0850. The van der Waals surface area contributed by atoms with Gasteiger partial charge in [-0.2, -0.15) is 9.78 Å². The van der Waals surface area contributed by atoms with E-state index in [2.05, 4.69) is 24.3 Å². The predicted octanol–water partition coefficient (Wildman–Crippen LogP) is 2.53. The van der Waals surface area contributed by atoms with E-state index in [0.717, 1.165) is 12.8 Å². The maximum Gasteiger partial charge on any atom is 0.259 e. The van der Waals surface area contributed by atoms with Gasteiger partial charge in [0.15, 0.2) is 0 Å². The van der Waals surface area contributed by atoms with Gasteiger partial charge in [0, 0.05) is 12.0 Å². The molecule has 0 unspecified atom stereocenters. The van der Waals surface area contributed by atoms with E-state index in [1.54, 1.807) is 0 Å². The summed E-state index contributed by atoms with van der Waals surface area (Å²) in [6.07, 6.45) is 4.59. The van der Waals surface area contributed by atoms with Crippen LogP contribution >= 0.6 is 0 Å². The van der Waals surface area contributed by atoms with E-state index < -0.39 is 0 Å². The summed E-state index contributed by atoms with van der Waals surface area (Å²) in [6, 6.07) is 8.43. The SMILES string of the molecule is c1ccc2c(c1)CCCCC21OO1. The molecule has 68 valence electrons. The van der Waals surface area contributed by atoms with Gasteiger partial charge in [-0.1, -0.05) is 24.3 Å². The fourth-order valence-electron chi connectivity index (χ4n) is 2.14. The number of hydrogen-bond acceptors (Lipinski definition) is 2. The minimum atomic E-state index is -0.354. The molecule has 1 aliphatic heterocycles. The van der Waals surface area contributed by atoms with Crippen LogP contribution in [0.5, 0.6) is 0 Å². The molecule has 0 N–H and O–H groups in total. The van der Waals surface area contributed by atoms with E-state index in [1.165, 1.54) is 24.0 Å². The van der Waals surface area contributed by atoms with E-state index in [-0.39, 0.29) is 5.79 Å². The van der Waals surface area contributed by atoms with E-state index in [4.69, 9.17) is 9.78 Å². The summed E-state index contributed by atoms with van der Waals surface area (Å²) in [6.45, 7) is 0. The summed E-state index contributed by atoms with van der Waals surface area (Å²) < 4.78 is 0. The maximum atomic E-state index is 5.14. The van der Waals surface area contributed by atoms with E-state index in [9.17, 15) is 0 Å². The summed E-state index contributed by atoms with van der Waals surface area (Å²) in [5, 5.41) is 0. The molecule has 1 fully saturated rings. The number of rotatable bonds is 0.